The van der Waals surface area contributed by atoms with Crippen LogP contribution in [0.25, 0.3) is 0 Å². The Morgan fingerprint density at radius 2 is 1.53 bits per heavy atom. The van der Waals surface area contributed by atoms with Crippen LogP contribution in [0.1, 0.15) is 47.1 Å². The van der Waals surface area contributed by atoms with Gasteiger partial charge in [-0.15, -0.1) is 0 Å². The van der Waals surface area contributed by atoms with E-state index in [9.17, 15) is 19.2 Å². The molecule has 3 aromatic rings. The zero-order valence-corrected chi connectivity index (χ0v) is 21.8. The number of amides is 3. The molecule has 3 aromatic carbocycles. The van der Waals surface area contributed by atoms with E-state index in [4.69, 9.17) is 16.3 Å². The van der Waals surface area contributed by atoms with E-state index in [1.807, 2.05) is 31.2 Å². The summed E-state index contributed by atoms with van der Waals surface area (Å²) in [6.07, 6.45) is 0.509. The second kappa shape index (κ2) is 11.3. The minimum absolute atomic E-state index is 0.0889. The van der Waals surface area contributed by atoms with E-state index in [1.165, 1.54) is 24.3 Å². The molecule has 3 amide bonds. The van der Waals surface area contributed by atoms with Crippen molar-refractivity contribution >= 4 is 52.4 Å². The van der Waals surface area contributed by atoms with Gasteiger partial charge in [0, 0.05) is 16.9 Å². The molecule has 8 nitrogen and oxygen atoms in total. The number of esters is 1. The third-order valence-corrected chi connectivity index (χ3v) is 6.14. The lowest BCUT2D eigenvalue weighted by Gasteiger charge is -2.16. The fraction of sp³-hybridized carbons (Fsp3) is 0.172. The summed E-state index contributed by atoms with van der Waals surface area (Å²) in [4.78, 5) is 51.6. The number of hydrogen-bond donors (Lipinski definition) is 2. The summed E-state index contributed by atoms with van der Waals surface area (Å²) in [5.41, 5.74) is 3.14. The van der Waals surface area contributed by atoms with Crippen LogP contribution < -0.4 is 15.5 Å². The summed E-state index contributed by atoms with van der Waals surface area (Å²) < 4.78 is 5.16. The van der Waals surface area contributed by atoms with Crippen molar-refractivity contribution in [2.24, 2.45) is 0 Å². The molecule has 38 heavy (non-hydrogen) atoms. The van der Waals surface area contributed by atoms with Crippen molar-refractivity contribution in [1.29, 1.82) is 0 Å². The average Bonchev–Trinajstić information content (AvgIpc) is 3.12. The van der Waals surface area contributed by atoms with Gasteiger partial charge in [0.15, 0.2) is 0 Å². The molecule has 0 spiro atoms. The molecule has 0 radical (unpaired) electrons. The van der Waals surface area contributed by atoms with Crippen LogP contribution in [0.3, 0.4) is 0 Å². The molecule has 0 bridgehead atoms. The van der Waals surface area contributed by atoms with Crippen molar-refractivity contribution in [3.05, 3.63) is 100 Å². The van der Waals surface area contributed by atoms with Crippen molar-refractivity contribution in [2.75, 3.05) is 15.5 Å². The number of para-hydroxylation sites is 1. The van der Waals surface area contributed by atoms with Crippen LogP contribution in [-0.2, 0) is 20.7 Å². The molecule has 1 heterocycles. The van der Waals surface area contributed by atoms with Gasteiger partial charge in [-0.3, -0.25) is 14.4 Å². The molecule has 0 aliphatic carbocycles. The highest BCUT2D eigenvalue weighted by Gasteiger charge is 2.39. The van der Waals surface area contributed by atoms with E-state index in [0.29, 0.717) is 16.8 Å². The van der Waals surface area contributed by atoms with Crippen molar-refractivity contribution in [1.82, 2.24) is 0 Å². The molecular formula is C29H26ClN3O5. The first-order valence-electron chi connectivity index (χ1n) is 12.1. The Balaban J connectivity index is 1.45. The molecule has 0 atom stereocenters. The molecule has 2 N–H and O–H groups in total. The van der Waals surface area contributed by atoms with Gasteiger partial charge in [-0.2, -0.15) is 0 Å². The maximum Gasteiger partial charge on any atom is 0.338 e. The van der Waals surface area contributed by atoms with Crippen molar-refractivity contribution in [3.8, 4) is 0 Å². The number of nitrogens with zero attached hydrogens (tertiary/aromatic N) is 1. The summed E-state index contributed by atoms with van der Waals surface area (Å²) in [6, 6.07) is 19.9. The van der Waals surface area contributed by atoms with Gasteiger partial charge in [-0.25, -0.2) is 9.69 Å². The highest BCUT2D eigenvalue weighted by Crippen LogP contribution is 2.30. The molecule has 1 aliphatic rings. The highest BCUT2D eigenvalue weighted by atomic mass is 35.5. The lowest BCUT2D eigenvalue weighted by molar-refractivity contribution is -0.120. The second-order valence-electron chi connectivity index (χ2n) is 8.80. The van der Waals surface area contributed by atoms with Crippen molar-refractivity contribution < 1.29 is 23.9 Å². The third-order valence-electron chi connectivity index (χ3n) is 5.79. The predicted octanol–water partition coefficient (Wildman–Crippen LogP) is 5.50. The zero-order chi connectivity index (χ0) is 27.4. The molecular weight excluding hydrogens is 506 g/mol. The van der Waals surface area contributed by atoms with Gasteiger partial charge in [-0.1, -0.05) is 36.7 Å². The Kier molecular flexibility index (Phi) is 7.93. The van der Waals surface area contributed by atoms with E-state index in [1.54, 1.807) is 38.1 Å². The first kappa shape index (κ1) is 26.6. The van der Waals surface area contributed by atoms with Crippen molar-refractivity contribution in [2.45, 2.75) is 33.3 Å². The number of anilines is 3. The fourth-order valence-corrected chi connectivity index (χ4v) is 4.08. The van der Waals surface area contributed by atoms with Gasteiger partial charge in [0.2, 0.25) is 0 Å². The number of carbonyl (C=O) groups is 4. The number of hydrogen-bond acceptors (Lipinski definition) is 6. The number of halogens is 1. The Morgan fingerprint density at radius 1 is 0.895 bits per heavy atom. The van der Waals surface area contributed by atoms with E-state index in [2.05, 4.69) is 10.6 Å². The number of rotatable bonds is 8. The van der Waals surface area contributed by atoms with Crippen LogP contribution in [0.4, 0.5) is 17.1 Å². The van der Waals surface area contributed by atoms with Gasteiger partial charge < -0.3 is 15.4 Å². The van der Waals surface area contributed by atoms with Gasteiger partial charge in [0.1, 0.15) is 10.7 Å². The number of aryl methyl sites for hydroxylation is 1. The Morgan fingerprint density at radius 3 is 2.16 bits per heavy atom. The van der Waals surface area contributed by atoms with E-state index >= 15 is 0 Å². The van der Waals surface area contributed by atoms with Crippen LogP contribution in [0.15, 0.2) is 83.5 Å². The first-order valence-corrected chi connectivity index (χ1v) is 12.4. The van der Waals surface area contributed by atoms with Gasteiger partial charge in [0.05, 0.1) is 17.4 Å². The first-order chi connectivity index (χ1) is 18.2. The molecule has 0 saturated carbocycles. The molecule has 1 aliphatic heterocycles. The summed E-state index contributed by atoms with van der Waals surface area (Å²) >= 11 is 6.22. The molecule has 4 rings (SSSR count). The highest BCUT2D eigenvalue weighted by molar-refractivity contribution is 6.53. The SMILES string of the molecule is CCc1ccccc1NC(=O)c1ccc(NC2=C(Cl)C(=O)N(c3ccc(C(=O)OC(C)C)cc3)C2=O)cc1. The summed E-state index contributed by atoms with van der Waals surface area (Å²) in [7, 11) is 0. The quantitative estimate of drug-likeness (QED) is 0.294. The third kappa shape index (κ3) is 5.60. The van der Waals surface area contributed by atoms with Crippen molar-refractivity contribution in [3.63, 3.8) is 0 Å². The van der Waals surface area contributed by atoms with Gasteiger partial charge in [-0.05, 0) is 80.4 Å². The van der Waals surface area contributed by atoms with Gasteiger partial charge in [0.25, 0.3) is 17.7 Å². The number of nitrogens with one attached hydrogen (secondary N) is 2. The minimum Gasteiger partial charge on any atom is -0.459 e. The average molecular weight is 532 g/mol. The Labute approximate surface area is 225 Å². The maximum atomic E-state index is 13.1. The number of carbonyl (C=O) groups excluding carboxylic acids is 4. The van der Waals surface area contributed by atoms with Crippen LogP contribution in [0.2, 0.25) is 0 Å². The van der Waals surface area contributed by atoms with Crippen LogP contribution >= 0.6 is 11.6 Å². The number of benzene rings is 3. The molecule has 0 saturated heterocycles. The topological polar surface area (TPSA) is 105 Å². The zero-order valence-electron chi connectivity index (χ0n) is 21.1. The summed E-state index contributed by atoms with van der Waals surface area (Å²) in [5.74, 6) is -2.11. The second-order valence-corrected chi connectivity index (χ2v) is 9.18. The molecule has 0 unspecified atom stereocenters. The standard InChI is InChI=1S/C29H26ClN3O5/c1-4-18-7-5-6-8-23(18)32-26(34)19-9-13-21(14-10-19)31-25-24(30)27(35)33(28(25)36)22-15-11-20(12-16-22)29(37)38-17(2)3/h5-17,31H,4H2,1-3H3,(H,32,34). The molecule has 9 heteroatoms. The van der Waals surface area contributed by atoms with E-state index in [-0.39, 0.29) is 28.4 Å². The lowest BCUT2D eigenvalue weighted by Crippen LogP contribution is -2.32. The molecule has 0 aromatic heterocycles. The maximum absolute atomic E-state index is 13.1. The summed E-state index contributed by atoms with van der Waals surface area (Å²) in [5, 5.41) is 5.53. The van der Waals surface area contributed by atoms with Gasteiger partial charge >= 0.3 is 5.97 Å². The molecule has 194 valence electrons. The minimum atomic E-state index is -0.692. The van der Waals surface area contributed by atoms with Crippen LogP contribution in [0.5, 0.6) is 0 Å². The predicted molar refractivity (Wildman–Crippen MR) is 146 cm³/mol. The van der Waals surface area contributed by atoms with Crippen LogP contribution in [0, 0.1) is 0 Å². The Hall–Kier alpha value is -4.43. The lowest BCUT2D eigenvalue weighted by atomic mass is 10.1. The number of ether oxygens (including phenoxy) is 1. The van der Waals surface area contributed by atoms with E-state index < -0.39 is 17.8 Å². The van der Waals surface area contributed by atoms with Crippen LogP contribution in [-0.4, -0.2) is 29.8 Å². The largest absolute Gasteiger partial charge is 0.459 e. The fourth-order valence-electron chi connectivity index (χ4n) is 3.87. The molecule has 0 fully saturated rings. The normalized spacial score (nSPS) is 13.2. The Bertz CT molecular complexity index is 1430. The number of imide groups is 1. The smallest absolute Gasteiger partial charge is 0.338 e. The monoisotopic (exact) mass is 531 g/mol. The summed E-state index contributed by atoms with van der Waals surface area (Å²) in [6.45, 7) is 5.50. The van der Waals surface area contributed by atoms with E-state index in [0.717, 1.165) is 22.6 Å².